The second kappa shape index (κ2) is 4.24. The van der Waals surface area contributed by atoms with E-state index in [2.05, 4.69) is 16.7 Å². The van der Waals surface area contributed by atoms with Crippen molar-refractivity contribution in [2.24, 2.45) is 7.05 Å². The molecule has 1 aliphatic heterocycles. The Labute approximate surface area is 128 Å². The van der Waals surface area contributed by atoms with Crippen LogP contribution in [0.25, 0.3) is 21.8 Å². The molecule has 1 aromatic heterocycles. The average Bonchev–Trinajstić information content (AvgIpc) is 2.79. The number of aliphatic hydroxyl groups is 2. The van der Waals surface area contributed by atoms with Gasteiger partial charge in [-0.1, -0.05) is 24.3 Å². The molecule has 1 aliphatic rings. The van der Waals surface area contributed by atoms with E-state index in [0.717, 1.165) is 21.8 Å². The van der Waals surface area contributed by atoms with Crippen LogP contribution in [0, 0.1) is 0 Å². The number of aryl methyl sites for hydroxylation is 1. The third kappa shape index (κ3) is 1.59. The zero-order chi connectivity index (χ0) is 15.6. The van der Waals surface area contributed by atoms with Crippen LogP contribution in [0.1, 0.15) is 25.5 Å². The van der Waals surface area contributed by atoms with Crippen LogP contribution in [0.2, 0.25) is 0 Å². The number of para-hydroxylation sites is 1. The number of hydrogen-bond acceptors (Lipinski definition) is 3. The number of benzene rings is 2. The molecule has 0 aliphatic carbocycles. The van der Waals surface area contributed by atoms with Gasteiger partial charge < -0.3 is 19.5 Å². The molecule has 4 heteroatoms. The monoisotopic (exact) mass is 297 g/mol. The fraction of sp³-hybridized carbons (Fsp3) is 0.333. The Morgan fingerprint density at radius 1 is 1.05 bits per heavy atom. The van der Waals surface area contributed by atoms with E-state index in [0.29, 0.717) is 11.3 Å². The van der Waals surface area contributed by atoms with Gasteiger partial charge in [0.25, 0.3) is 0 Å². The minimum absolute atomic E-state index is 0.649. The van der Waals surface area contributed by atoms with Crippen molar-refractivity contribution in [1.82, 2.24) is 4.57 Å². The zero-order valence-corrected chi connectivity index (χ0v) is 12.9. The number of ether oxygens (including phenoxy) is 1. The number of hydrogen-bond donors (Lipinski definition) is 2. The van der Waals surface area contributed by atoms with Crippen LogP contribution in [0.4, 0.5) is 0 Å². The topological polar surface area (TPSA) is 54.6 Å². The van der Waals surface area contributed by atoms with Crippen LogP contribution in [-0.4, -0.2) is 26.5 Å². The van der Waals surface area contributed by atoms with Crippen molar-refractivity contribution in [3.63, 3.8) is 0 Å². The molecule has 4 rings (SSSR count). The van der Waals surface area contributed by atoms with Crippen LogP contribution >= 0.6 is 0 Å². The van der Waals surface area contributed by atoms with E-state index in [4.69, 9.17) is 4.74 Å². The zero-order valence-electron chi connectivity index (χ0n) is 12.9. The summed E-state index contributed by atoms with van der Waals surface area (Å²) in [5.41, 5.74) is 1.99. The highest BCUT2D eigenvalue weighted by atomic mass is 16.5. The van der Waals surface area contributed by atoms with E-state index in [-0.39, 0.29) is 0 Å². The molecule has 0 bridgehead atoms. The van der Waals surface area contributed by atoms with Crippen molar-refractivity contribution in [3.8, 4) is 5.75 Å². The summed E-state index contributed by atoms with van der Waals surface area (Å²) >= 11 is 0. The lowest BCUT2D eigenvalue weighted by Crippen LogP contribution is -2.48. The first-order chi connectivity index (χ1) is 10.4. The Hall–Kier alpha value is -2.04. The molecular weight excluding hydrogens is 278 g/mol. The molecule has 22 heavy (non-hydrogen) atoms. The highest BCUT2D eigenvalue weighted by Crippen LogP contribution is 2.46. The molecule has 2 atom stereocenters. The summed E-state index contributed by atoms with van der Waals surface area (Å²) < 4.78 is 8.24. The predicted octanol–water partition coefficient (Wildman–Crippen LogP) is 2.90. The Morgan fingerprint density at radius 2 is 1.77 bits per heavy atom. The van der Waals surface area contributed by atoms with E-state index < -0.39 is 17.8 Å². The normalized spacial score (nSPS) is 23.5. The van der Waals surface area contributed by atoms with Crippen LogP contribution in [-0.2, 0) is 7.05 Å². The smallest absolute Gasteiger partial charge is 0.136 e. The Morgan fingerprint density at radius 3 is 2.55 bits per heavy atom. The summed E-state index contributed by atoms with van der Waals surface area (Å²) in [6.07, 6.45) is -1.89. The number of nitrogens with zero attached hydrogens (tertiary/aromatic N) is 1. The SMILES string of the molecule is Cn1c2ccccc2c2c3c(ccc21)C(O)C(O)C(C)(C)O3. The van der Waals surface area contributed by atoms with E-state index in [9.17, 15) is 10.2 Å². The summed E-state index contributed by atoms with van der Waals surface area (Å²) in [6.45, 7) is 3.60. The summed E-state index contributed by atoms with van der Waals surface area (Å²) in [4.78, 5) is 0. The second-order valence-electron chi connectivity index (χ2n) is 6.55. The van der Waals surface area contributed by atoms with Crippen LogP contribution in [0.3, 0.4) is 0 Å². The van der Waals surface area contributed by atoms with Gasteiger partial charge in [0.2, 0.25) is 0 Å². The largest absolute Gasteiger partial charge is 0.484 e. The molecule has 0 radical (unpaired) electrons. The van der Waals surface area contributed by atoms with E-state index in [1.807, 2.05) is 31.3 Å². The molecule has 3 aromatic rings. The Kier molecular flexibility index (Phi) is 2.63. The van der Waals surface area contributed by atoms with Gasteiger partial charge in [-0.15, -0.1) is 0 Å². The number of fused-ring (bicyclic) bond motifs is 5. The molecule has 0 amide bonds. The lowest BCUT2D eigenvalue weighted by molar-refractivity contribution is -0.110. The van der Waals surface area contributed by atoms with Crippen LogP contribution in [0.5, 0.6) is 5.75 Å². The maximum absolute atomic E-state index is 10.5. The number of rotatable bonds is 0. The Balaban J connectivity index is 2.15. The van der Waals surface area contributed by atoms with Crippen molar-refractivity contribution >= 4 is 21.8 Å². The lowest BCUT2D eigenvalue weighted by atomic mass is 9.87. The molecule has 0 fully saturated rings. The third-order valence-electron chi connectivity index (χ3n) is 4.76. The molecule has 0 saturated heterocycles. The van der Waals surface area contributed by atoms with Gasteiger partial charge in [0, 0.05) is 28.9 Å². The van der Waals surface area contributed by atoms with Gasteiger partial charge in [0.05, 0.1) is 5.52 Å². The lowest BCUT2D eigenvalue weighted by Gasteiger charge is -2.40. The summed E-state index contributed by atoms with van der Waals surface area (Å²) in [6, 6.07) is 12.0. The van der Waals surface area contributed by atoms with Gasteiger partial charge >= 0.3 is 0 Å². The van der Waals surface area contributed by atoms with E-state index in [1.54, 1.807) is 13.8 Å². The first-order valence-electron chi connectivity index (χ1n) is 7.47. The molecule has 2 aromatic carbocycles. The highest BCUT2D eigenvalue weighted by Gasteiger charge is 2.43. The van der Waals surface area contributed by atoms with Gasteiger partial charge in [-0.05, 0) is 26.0 Å². The minimum atomic E-state index is -0.951. The van der Waals surface area contributed by atoms with Gasteiger partial charge in [-0.3, -0.25) is 0 Å². The fourth-order valence-electron chi connectivity index (χ4n) is 3.45. The van der Waals surface area contributed by atoms with Crippen molar-refractivity contribution in [2.45, 2.75) is 31.7 Å². The molecule has 2 N–H and O–H groups in total. The standard InChI is InChI=1S/C18H19NO3/c1-18(2)17(21)15(20)11-8-9-13-14(16(11)22-18)10-6-4-5-7-12(10)19(13)3/h4-9,15,17,20-21H,1-3H3. The third-order valence-corrected chi connectivity index (χ3v) is 4.76. The maximum Gasteiger partial charge on any atom is 0.136 e. The molecular formula is C18H19NO3. The van der Waals surface area contributed by atoms with Gasteiger partial charge in [-0.25, -0.2) is 0 Å². The predicted molar refractivity (Wildman–Crippen MR) is 86.1 cm³/mol. The summed E-state index contributed by atoms with van der Waals surface area (Å²) in [5.74, 6) is 0.678. The molecule has 114 valence electrons. The van der Waals surface area contributed by atoms with Gasteiger partial charge in [0.15, 0.2) is 0 Å². The van der Waals surface area contributed by atoms with Crippen molar-refractivity contribution < 1.29 is 14.9 Å². The number of aliphatic hydroxyl groups excluding tert-OH is 2. The molecule has 4 nitrogen and oxygen atoms in total. The first-order valence-corrected chi connectivity index (χ1v) is 7.47. The molecule has 0 saturated carbocycles. The molecule has 2 heterocycles. The highest BCUT2D eigenvalue weighted by molar-refractivity contribution is 6.11. The quantitative estimate of drug-likeness (QED) is 0.671. The summed E-state index contributed by atoms with van der Waals surface area (Å²) in [7, 11) is 2.02. The van der Waals surface area contributed by atoms with Crippen molar-refractivity contribution in [3.05, 3.63) is 42.0 Å². The first kappa shape index (κ1) is 13.6. The minimum Gasteiger partial charge on any atom is -0.484 e. The maximum atomic E-state index is 10.5. The summed E-state index contributed by atoms with van der Waals surface area (Å²) in [5, 5.41) is 22.8. The van der Waals surface area contributed by atoms with E-state index >= 15 is 0 Å². The van der Waals surface area contributed by atoms with Crippen molar-refractivity contribution in [2.75, 3.05) is 0 Å². The second-order valence-corrected chi connectivity index (χ2v) is 6.55. The molecule has 0 spiro atoms. The van der Waals surface area contributed by atoms with Crippen molar-refractivity contribution in [1.29, 1.82) is 0 Å². The number of aromatic nitrogens is 1. The Bertz CT molecular complexity index is 894. The fourth-order valence-corrected chi connectivity index (χ4v) is 3.45. The van der Waals surface area contributed by atoms with E-state index in [1.165, 1.54) is 0 Å². The van der Waals surface area contributed by atoms with Gasteiger partial charge in [-0.2, -0.15) is 0 Å². The van der Waals surface area contributed by atoms with Gasteiger partial charge in [0.1, 0.15) is 23.6 Å². The van der Waals surface area contributed by atoms with Crippen LogP contribution < -0.4 is 4.74 Å². The van der Waals surface area contributed by atoms with Crippen LogP contribution in [0.15, 0.2) is 36.4 Å². The molecule has 2 unspecified atom stereocenters. The average molecular weight is 297 g/mol.